The van der Waals surface area contributed by atoms with E-state index in [4.69, 9.17) is 4.98 Å². The summed E-state index contributed by atoms with van der Waals surface area (Å²) in [5.41, 5.74) is 2.44. The van der Waals surface area contributed by atoms with Crippen LogP contribution in [0.25, 0.3) is 22.2 Å². The number of imidazole rings is 1. The molecular weight excluding hydrogens is 360 g/mol. The number of aromatic nitrogens is 2. The maximum Gasteiger partial charge on any atom is 0.272 e. The van der Waals surface area contributed by atoms with E-state index in [9.17, 15) is 4.79 Å². The Morgan fingerprint density at radius 2 is 1.72 bits per heavy atom. The molecule has 1 aliphatic heterocycles. The number of fused-ring (bicyclic) bond motifs is 1. The molecule has 0 bridgehead atoms. The van der Waals surface area contributed by atoms with Gasteiger partial charge in [0.05, 0.1) is 5.69 Å². The number of piperazine rings is 1. The molecule has 0 radical (unpaired) electrons. The summed E-state index contributed by atoms with van der Waals surface area (Å²) in [6.07, 6.45) is 5.35. The van der Waals surface area contributed by atoms with Gasteiger partial charge in [0.1, 0.15) is 11.5 Å². The van der Waals surface area contributed by atoms with E-state index in [1.54, 1.807) is 0 Å². The first-order valence-electron chi connectivity index (χ1n) is 10.8. The predicted molar refractivity (Wildman–Crippen MR) is 116 cm³/mol. The van der Waals surface area contributed by atoms with Crippen molar-refractivity contribution in [2.45, 2.75) is 38.6 Å². The van der Waals surface area contributed by atoms with E-state index in [1.165, 1.54) is 31.1 Å². The van der Waals surface area contributed by atoms with Crippen molar-refractivity contribution in [3.63, 3.8) is 0 Å². The second kappa shape index (κ2) is 7.64. The molecule has 2 aliphatic rings. The molecule has 1 aliphatic carbocycles. The van der Waals surface area contributed by atoms with Crippen LogP contribution in [0.2, 0.25) is 0 Å². The molecule has 2 fully saturated rings. The molecular formula is C24H28N4O. The fraction of sp³-hybridized carbons (Fsp3) is 0.417. The lowest BCUT2D eigenvalue weighted by Gasteiger charge is -2.37. The zero-order valence-corrected chi connectivity index (χ0v) is 17.0. The highest BCUT2D eigenvalue weighted by molar-refractivity contribution is 5.97. The molecule has 0 atom stereocenters. The standard InChI is InChI=1S/C24H28N4O/c1-17-22(24(29)28-15-13-27(14-16-28)19-9-3-4-10-19)26-23(25-17)21-12-6-8-18-7-2-5-11-20(18)21/h2,5-8,11-12,19H,3-4,9-10,13-16H2,1H3,(H,25,26). The van der Waals surface area contributed by atoms with E-state index in [-0.39, 0.29) is 5.91 Å². The summed E-state index contributed by atoms with van der Waals surface area (Å²) in [6.45, 7) is 5.50. The fourth-order valence-electron chi connectivity index (χ4n) is 4.95. The Hall–Kier alpha value is -2.66. The van der Waals surface area contributed by atoms with Crippen molar-refractivity contribution in [1.82, 2.24) is 19.8 Å². The molecule has 5 nitrogen and oxygen atoms in total. The van der Waals surface area contributed by atoms with Crippen LogP contribution < -0.4 is 0 Å². The van der Waals surface area contributed by atoms with Gasteiger partial charge in [-0.05, 0) is 30.5 Å². The van der Waals surface area contributed by atoms with Crippen LogP contribution in [0, 0.1) is 6.92 Å². The second-order valence-electron chi connectivity index (χ2n) is 8.34. The Morgan fingerprint density at radius 1 is 1.00 bits per heavy atom. The summed E-state index contributed by atoms with van der Waals surface area (Å²) < 4.78 is 0. The van der Waals surface area contributed by atoms with Crippen LogP contribution in [0.15, 0.2) is 42.5 Å². The number of carbonyl (C=O) groups excluding carboxylic acids is 1. The number of aryl methyl sites for hydroxylation is 1. The Kier molecular flexibility index (Phi) is 4.84. The van der Waals surface area contributed by atoms with E-state index in [1.807, 2.05) is 30.0 Å². The normalized spacial score (nSPS) is 18.6. The number of hydrogen-bond acceptors (Lipinski definition) is 3. The highest BCUT2D eigenvalue weighted by Crippen LogP contribution is 2.28. The van der Waals surface area contributed by atoms with Gasteiger partial charge in [0, 0.05) is 37.8 Å². The number of benzene rings is 2. The summed E-state index contributed by atoms with van der Waals surface area (Å²) in [4.78, 5) is 25.8. The third kappa shape index (κ3) is 3.44. The van der Waals surface area contributed by atoms with Crippen LogP contribution >= 0.6 is 0 Å². The Bertz CT molecular complexity index is 1020. The first-order chi connectivity index (χ1) is 14.2. The van der Waals surface area contributed by atoms with E-state index < -0.39 is 0 Å². The fourth-order valence-corrected chi connectivity index (χ4v) is 4.95. The zero-order chi connectivity index (χ0) is 19.8. The minimum absolute atomic E-state index is 0.0764. The van der Waals surface area contributed by atoms with Gasteiger partial charge in [0.15, 0.2) is 0 Å². The summed E-state index contributed by atoms with van der Waals surface area (Å²) in [7, 11) is 0. The van der Waals surface area contributed by atoms with Gasteiger partial charge in [0.25, 0.3) is 5.91 Å². The molecule has 5 rings (SSSR count). The third-order valence-corrected chi connectivity index (χ3v) is 6.59. The van der Waals surface area contributed by atoms with Gasteiger partial charge in [-0.25, -0.2) is 4.98 Å². The molecule has 5 heteroatoms. The molecule has 3 aromatic rings. The number of amides is 1. The number of nitrogens with one attached hydrogen (secondary N) is 1. The predicted octanol–water partition coefficient (Wildman–Crippen LogP) is 4.24. The Morgan fingerprint density at radius 3 is 2.52 bits per heavy atom. The van der Waals surface area contributed by atoms with Crippen molar-refractivity contribution >= 4 is 16.7 Å². The molecule has 1 aromatic heterocycles. The highest BCUT2D eigenvalue weighted by atomic mass is 16.2. The van der Waals surface area contributed by atoms with Crippen LogP contribution in [0.3, 0.4) is 0 Å². The van der Waals surface area contributed by atoms with E-state index in [0.29, 0.717) is 5.69 Å². The van der Waals surface area contributed by atoms with E-state index in [0.717, 1.165) is 54.7 Å². The average molecular weight is 389 g/mol. The van der Waals surface area contributed by atoms with Crippen LogP contribution in [0.5, 0.6) is 0 Å². The van der Waals surface area contributed by atoms with Crippen LogP contribution in [0.4, 0.5) is 0 Å². The molecule has 1 saturated heterocycles. The zero-order valence-electron chi connectivity index (χ0n) is 17.0. The van der Waals surface area contributed by atoms with Crippen molar-refractivity contribution in [3.05, 3.63) is 53.9 Å². The molecule has 150 valence electrons. The van der Waals surface area contributed by atoms with Crippen molar-refractivity contribution in [3.8, 4) is 11.4 Å². The van der Waals surface area contributed by atoms with Gasteiger partial charge in [-0.2, -0.15) is 0 Å². The SMILES string of the molecule is Cc1nc(-c2cccc3ccccc23)[nH]c1C(=O)N1CCN(C2CCCC2)CC1. The molecule has 0 spiro atoms. The number of hydrogen-bond donors (Lipinski definition) is 1. The number of rotatable bonds is 3. The lowest BCUT2D eigenvalue weighted by molar-refractivity contribution is 0.0568. The third-order valence-electron chi connectivity index (χ3n) is 6.59. The van der Waals surface area contributed by atoms with Crippen molar-refractivity contribution < 1.29 is 4.79 Å². The summed E-state index contributed by atoms with van der Waals surface area (Å²) in [5, 5.41) is 2.32. The van der Waals surface area contributed by atoms with Crippen molar-refractivity contribution in [2.24, 2.45) is 0 Å². The van der Waals surface area contributed by atoms with Gasteiger partial charge >= 0.3 is 0 Å². The van der Waals surface area contributed by atoms with Crippen LogP contribution in [0.1, 0.15) is 41.9 Å². The number of H-pyrrole nitrogens is 1. The monoisotopic (exact) mass is 388 g/mol. The van der Waals surface area contributed by atoms with Gasteiger partial charge in [-0.1, -0.05) is 55.3 Å². The summed E-state index contributed by atoms with van der Waals surface area (Å²) in [6, 6.07) is 15.2. The van der Waals surface area contributed by atoms with Gasteiger partial charge in [-0.3, -0.25) is 9.69 Å². The molecule has 2 heterocycles. The van der Waals surface area contributed by atoms with Gasteiger partial charge in [0.2, 0.25) is 0 Å². The first-order valence-corrected chi connectivity index (χ1v) is 10.8. The number of carbonyl (C=O) groups is 1. The maximum atomic E-state index is 13.2. The van der Waals surface area contributed by atoms with Crippen molar-refractivity contribution in [1.29, 1.82) is 0 Å². The van der Waals surface area contributed by atoms with Gasteiger partial charge < -0.3 is 9.88 Å². The molecule has 29 heavy (non-hydrogen) atoms. The second-order valence-corrected chi connectivity index (χ2v) is 8.34. The van der Waals surface area contributed by atoms with E-state index in [2.05, 4.69) is 34.1 Å². The Balaban J connectivity index is 1.36. The largest absolute Gasteiger partial charge is 0.335 e. The van der Waals surface area contributed by atoms with Crippen LogP contribution in [-0.2, 0) is 0 Å². The smallest absolute Gasteiger partial charge is 0.272 e. The topological polar surface area (TPSA) is 52.2 Å². The summed E-state index contributed by atoms with van der Waals surface area (Å²) in [5.74, 6) is 0.847. The van der Waals surface area contributed by atoms with Crippen molar-refractivity contribution in [2.75, 3.05) is 26.2 Å². The average Bonchev–Trinajstić information content (AvgIpc) is 3.43. The van der Waals surface area contributed by atoms with Gasteiger partial charge in [-0.15, -0.1) is 0 Å². The summed E-state index contributed by atoms with van der Waals surface area (Å²) >= 11 is 0. The molecule has 1 saturated carbocycles. The van der Waals surface area contributed by atoms with E-state index >= 15 is 0 Å². The highest BCUT2D eigenvalue weighted by Gasteiger charge is 2.29. The lowest BCUT2D eigenvalue weighted by atomic mass is 10.0. The minimum atomic E-state index is 0.0764. The lowest BCUT2D eigenvalue weighted by Crippen LogP contribution is -2.51. The quantitative estimate of drug-likeness (QED) is 0.730. The molecule has 1 N–H and O–H groups in total. The Labute approximate surface area is 171 Å². The first kappa shape index (κ1) is 18.4. The van der Waals surface area contributed by atoms with Crippen LogP contribution in [-0.4, -0.2) is 57.9 Å². The molecule has 1 amide bonds. The molecule has 0 unspecified atom stereocenters. The molecule has 2 aromatic carbocycles. The maximum absolute atomic E-state index is 13.2. The number of aromatic amines is 1. The minimum Gasteiger partial charge on any atom is -0.335 e. The number of nitrogens with zero attached hydrogens (tertiary/aromatic N) is 3.